The largest absolute Gasteiger partial charge is 0.486 e. The first-order valence-electron chi connectivity index (χ1n) is 6.47. The summed E-state index contributed by atoms with van der Waals surface area (Å²) in [7, 11) is 0. The first-order chi connectivity index (χ1) is 10.3. The maximum Gasteiger partial charge on any atom is 0.163 e. The molecule has 1 aromatic carbocycles. The van der Waals surface area contributed by atoms with Crippen molar-refractivity contribution in [3.05, 3.63) is 18.5 Å². The second-order valence-corrected chi connectivity index (χ2v) is 4.48. The van der Waals surface area contributed by atoms with Gasteiger partial charge in [0.2, 0.25) is 0 Å². The van der Waals surface area contributed by atoms with E-state index in [9.17, 15) is 5.11 Å². The van der Waals surface area contributed by atoms with Crippen molar-refractivity contribution in [3.63, 3.8) is 0 Å². The lowest BCUT2D eigenvalue weighted by atomic mass is 10.2. The van der Waals surface area contributed by atoms with Gasteiger partial charge in [-0.2, -0.15) is 4.68 Å². The number of nitrogens with zero attached hydrogens (tertiary/aromatic N) is 4. The van der Waals surface area contributed by atoms with Crippen molar-refractivity contribution in [3.8, 4) is 17.2 Å². The molecule has 1 atom stereocenters. The van der Waals surface area contributed by atoms with E-state index in [1.807, 2.05) is 0 Å². The van der Waals surface area contributed by atoms with E-state index in [0.717, 1.165) is 0 Å². The molecule has 1 aliphatic rings. The summed E-state index contributed by atoms with van der Waals surface area (Å²) in [6.07, 6.45) is 0.596. The summed E-state index contributed by atoms with van der Waals surface area (Å²) in [4.78, 5) is 0. The van der Waals surface area contributed by atoms with Gasteiger partial charge in [0.1, 0.15) is 19.5 Å². The van der Waals surface area contributed by atoms with Gasteiger partial charge in [0.15, 0.2) is 11.5 Å². The number of fused-ring (bicyclic) bond motifs is 1. The van der Waals surface area contributed by atoms with E-state index in [2.05, 4.69) is 20.8 Å². The molecule has 0 radical (unpaired) electrons. The van der Waals surface area contributed by atoms with Crippen molar-refractivity contribution in [2.45, 2.75) is 6.10 Å². The van der Waals surface area contributed by atoms with Crippen LogP contribution in [0.2, 0.25) is 0 Å². The van der Waals surface area contributed by atoms with Crippen LogP contribution in [0.1, 0.15) is 0 Å². The van der Waals surface area contributed by atoms with Crippen LogP contribution < -0.4 is 14.8 Å². The molecule has 2 aromatic rings. The summed E-state index contributed by atoms with van der Waals surface area (Å²) in [5, 5.41) is 32.5. The number of aromatic nitrogens is 4. The maximum absolute atomic E-state index is 9.46. The zero-order valence-corrected chi connectivity index (χ0v) is 11.1. The maximum atomic E-state index is 9.46. The Morgan fingerprint density at radius 3 is 2.71 bits per heavy atom. The van der Waals surface area contributed by atoms with Crippen molar-refractivity contribution in [1.82, 2.24) is 20.2 Å². The van der Waals surface area contributed by atoms with E-state index in [1.165, 1.54) is 11.0 Å². The highest BCUT2D eigenvalue weighted by Gasteiger charge is 2.18. The van der Waals surface area contributed by atoms with Crippen LogP contribution in [0.15, 0.2) is 18.5 Å². The molecule has 1 unspecified atom stereocenters. The van der Waals surface area contributed by atoms with Crippen LogP contribution in [0.4, 0.5) is 5.69 Å². The van der Waals surface area contributed by atoms with E-state index >= 15 is 0 Å². The van der Waals surface area contributed by atoms with Crippen molar-refractivity contribution in [2.24, 2.45) is 0 Å². The van der Waals surface area contributed by atoms with Crippen molar-refractivity contribution < 1.29 is 19.7 Å². The molecule has 0 bridgehead atoms. The minimum atomic E-state index is -0.861. The molecule has 0 spiro atoms. The van der Waals surface area contributed by atoms with Gasteiger partial charge in [0.25, 0.3) is 0 Å². The molecular formula is C12H15N5O4. The van der Waals surface area contributed by atoms with E-state index in [1.54, 1.807) is 12.1 Å². The topological polar surface area (TPSA) is 115 Å². The number of tetrazole rings is 1. The molecule has 3 rings (SSSR count). The molecule has 3 N–H and O–H groups in total. The zero-order valence-electron chi connectivity index (χ0n) is 11.1. The number of hydrogen-bond donors (Lipinski definition) is 3. The van der Waals surface area contributed by atoms with Gasteiger partial charge in [0, 0.05) is 18.7 Å². The standard InChI is InChI=1S/C12H15N5O4/c18-6-8(19)5-13-9-3-11-12(21-2-1-20-11)4-10(9)17-7-14-15-16-17/h3-4,7-8,13,18-19H,1-2,5-6H2. The minimum absolute atomic E-state index is 0.186. The molecule has 1 aromatic heterocycles. The Kier molecular flexibility index (Phi) is 3.84. The first kappa shape index (κ1) is 13.6. The number of benzene rings is 1. The Morgan fingerprint density at radius 2 is 2.05 bits per heavy atom. The third-order valence-corrected chi connectivity index (χ3v) is 3.00. The quantitative estimate of drug-likeness (QED) is 0.656. The molecule has 9 nitrogen and oxygen atoms in total. The summed E-state index contributed by atoms with van der Waals surface area (Å²) < 4.78 is 12.5. The predicted octanol–water partition coefficient (Wildman–Crippen LogP) is -0.801. The summed E-state index contributed by atoms with van der Waals surface area (Å²) >= 11 is 0. The molecule has 0 fully saturated rings. The summed E-state index contributed by atoms with van der Waals surface area (Å²) in [6, 6.07) is 3.52. The summed E-state index contributed by atoms with van der Waals surface area (Å²) in [6.45, 7) is 0.830. The lowest BCUT2D eigenvalue weighted by Gasteiger charge is -2.21. The minimum Gasteiger partial charge on any atom is -0.486 e. The molecular weight excluding hydrogens is 278 g/mol. The van der Waals surface area contributed by atoms with E-state index in [4.69, 9.17) is 14.6 Å². The van der Waals surface area contributed by atoms with Crippen LogP contribution in [0.3, 0.4) is 0 Å². The van der Waals surface area contributed by atoms with Crippen LogP contribution in [0.5, 0.6) is 11.5 Å². The van der Waals surface area contributed by atoms with Crippen LogP contribution in [0, 0.1) is 0 Å². The average molecular weight is 293 g/mol. The molecule has 9 heteroatoms. The number of aliphatic hydroxyl groups is 2. The number of hydrogen-bond acceptors (Lipinski definition) is 8. The van der Waals surface area contributed by atoms with Gasteiger partial charge in [-0.1, -0.05) is 0 Å². The fourth-order valence-electron chi connectivity index (χ4n) is 1.97. The highest BCUT2D eigenvalue weighted by Crippen LogP contribution is 2.37. The Bertz CT molecular complexity index is 604. The monoisotopic (exact) mass is 293 g/mol. The zero-order chi connectivity index (χ0) is 14.7. The fourth-order valence-corrected chi connectivity index (χ4v) is 1.97. The lowest BCUT2D eigenvalue weighted by molar-refractivity contribution is 0.105. The third kappa shape index (κ3) is 2.88. The number of anilines is 1. The average Bonchev–Trinajstić information content (AvgIpc) is 3.05. The molecule has 0 amide bonds. The molecule has 2 heterocycles. The van der Waals surface area contributed by atoms with Gasteiger partial charge in [0.05, 0.1) is 24.1 Å². The first-order valence-corrected chi connectivity index (χ1v) is 6.47. The molecule has 1 aliphatic heterocycles. The fraction of sp³-hybridized carbons (Fsp3) is 0.417. The highest BCUT2D eigenvalue weighted by molar-refractivity contribution is 5.68. The van der Waals surface area contributed by atoms with Crippen molar-refractivity contribution in [2.75, 3.05) is 31.7 Å². The molecule has 0 saturated heterocycles. The number of rotatable bonds is 5. The lowest BCUT2D eigenvalue weighted by Crippen LogP contribution is -2.24. The SMILES string of the molecule is OCC(O)CNc1cc2c(cc1-n1cnnn1)OCCO2. The van der Waals surface area contributed by atoms with Crippen molar-refractivity contribution in [1.29, 1.82) is 0 Å². The van der Waals surface area contributed by atoms with Crippen LogP contribution in [0.25, 0.3) is 5.69 Å². The highest BCUT2D eigenvalue weighted by atomic mass is 16.6. The number of ether oxygens (including phenoxy) is 2. The van der Waals surface area contributed by atoms with Crippen LogP contribution >= 0.6 is 0 Å². The Hall–Kier alpha value is -2.39. The molecule has 112 valence electrons. The van der Waals surface area contributed by atoms with Gasteiger partial charge < -0.3 is 25.0 Å². The van der Waals surface area contributed by atoms with Gasteiger partial charge >= 0.3 is 0 Å². The normalized spacial score (nSPS) is 14.8. The second-order valence-electron chi connectivity index (χ2n) is 4.48. The second kappa shape index (κ2) is 5.94. The smallest absolute Gasteiger partial charge is 0.163 e. The molecule has 21 heavy (non-hydrogen) atoms. The van der Waals surface area contributed by atoms with Crippen molar-refractivity contribution >= 4 is 5.69 Å². The molecule has 0 aliphatic carbocycles. The number of nitrogens with one attached hydrogen (secondary N) is 1. The van der Waals surface area contributed by atoms with Gasteiger partial charge in [-0.15, -0.1) is 5.10 Å². The van der Waals surface area contributed by atoms with E-state index < -0.39 is 6.10 Å². The van der Waals surface area contributed by atoms with Gasteiger partial charge in [-0.3, -0.25) is 0 Å². The van der Waals surface area contributed by atoms with E-state index in [0.29, 0.717) is 36.1 Å². The van der Waals surface area contributed by atoms with Crippen LogP contribution in [-0.4, -0.2) is 62.9 Å². The number of aliphatic hydroxyl groups excluding tert-OH is 2. The Morgan fingerprint density at radius 1 is 1.29 bits per heavy atom. The predicted molar refractivity (Wildman–Crippen MR) is 71.7 cm³/mol. The third-order valence-electron chi connectivity index (χ3n) is 3.00. The van der Waals surface area contributed by atoms with Gasteiger partial charge in [-0.05, 0) is 10.4 Å². The van der Waals surface area contributed by atoms with Crippen LogP contribution in [-0.2, 0) is 0 Å². The Labute approximate surface area is 120 Å². The Balaban J connectivity index is 1.95. The summed E-state index contributed by atoms with van der Waals surface area (Å²) in [5.41, 5.74) is 1.33. The molecule has 0 saturated carbocycles. The van der Waals surface area contributed by atoms with Gasteiger partial charge in [-0.25, -0.2) is 0 Å². The summed E-state index contributed by atoms with van der Waals surface area (Å²) in [5.74, 6) is 1.22. The van der Waals surface area contributed by atoms with E-state index in [-0.39, 0.29) is 13.2 Å².